The summed E-state index contributed by atoms with van der Waals surface area (Å²) < 4.78 is 32.4. The molecule has 0 aliphatic rings. The predicted octanol–water partition coefficient (Wildman–Crippen LogP) is 4.15. The number of halogens is 1. The van der Waals surface area contributed by atoms with Crippen LogP contribution in [0.3, 0.4) is 0 Å². The zero-order valence-electron chi connectivity index (χ0n) is 18.2. The maximum atomic E-state index is 15.4. The topological polar surface area (TPSA) is 103 Å². The molecule has 1 atom stereocenters. The summed E-state index contributed by atoms with van der Waals surface area (Å²) in [5.41, 5.74) is 7.44. The Bertz CT molecular complexity index is 1640. The van der Waals surface area contributed by atoms with Gasteiger partial charge >= 0.3 is 0 Å². The van der Waals surface area contributed by atoms with Crippen LogP contribution in [-0.2, 0) is 23.8 Å². The molecule has 0 amide bonds. The third-order valence-electron chi connectivity index (χ3n) is 5.61. The summed E-state index contributed by atoms with van der Waals surface area (Å²) in [7, 11) is 0.0326. The summed E-state index contributed by atoms with van der Waals surface area (Å²) in [5.74, 6) is -0.318. The predicted molar refractivity (Wildman–Crippen MR) is 134 cm³/mol. The molecule has 7 nitrogen and oxygen atoms in total. The molecule has 3 N–H and O–H groups in total. The van der Waals surface area contributed by atoms with Gasteiger partial charge in [-0.05, 0) is 28.6 Å². The first kappa shape index (κ1) is 21.7. The zero-order chi connectivity index (χ0) is 23.8. The minimum absolute atomic E-state index is 0.0608. The molecule has 0 bridgehead atoms. The fourth-order valence-electron chi connectivity index (χ4n) is 4.00. The quantitative estimate of drug-likeness (QED) is 0.399. The molecule has 3 aromatic carbocycles. The second kappa shape index (κ2) is 8.68. The number of rotatable bonds is 5. The van der Waals surface area contributed by atoms with Gasteiger partial charge in [0.1, 0.15) is 22.5 Å². The Morgan fingerprint density at radius 1 is 1.03 bits per heavy atom. The second-order valence-electron chi connectivity index (χ2n) is 7.83. The molecular weight excluding hydrogens is 453 g/mol. The van der Waals surface area contributed by atoms with Gasteiger partial charge in [-0.15, -0.1) is 0 Å². The van der Waals surface area contributed by atoms with Crippen LogP contribution in [-0.4, -0.2) is 18.7 Å². The van der Waals surface area contributed by atoms with E-state index in [-0.39, 0.29) is 22.9 Å². The number of pyridine rings is 1. The van der Waals surface area contributed by atoms with E-state index in [4.69, 9.17) is 5.73 Å². The molecule has 0 saturated heterocycles. The number of nitrogens with zero attached hydrogens (tertiary/aromatic N) is 3. The standard InChI is InChI=1S/C25H20FN5O2S/c1-31-23-16(13-28-25(27)29-23)11-20(24(31)32)19-12-21(26)22(18-10-6-5-9-17(18)19)30-34(33)14-15-7-3-2-4-8-15/h2-13,30H,14H2,1H3,(H2,27,28,29). The van der Waals surface area contributed by atoms with Gasteiger partial charge in [0, 0.05) is 29.6 Å². The Morgan fingerprint density at radius 3 is 2.50 bits per heavy atom. The maximum Gasteiger partial charge on any atom is 0.259 e. The zero-order valence-corrected chi connectivity index (χ0v) is 19.0. The molecule has 5 rings (SSSR count). The smallest absolute Gasteiger partial charge is 0.259 e. The van der Waals surface area contributed by atoms with Gasteiger partial charge in [0.15, 0.2) is 0 Å². The van der Waals surface area contributed by atoms with Crippen molar-refractivity contribution >= 4 is 44.4 Å². The molecule has 0 aliphatic heterocycles. The Balaban J connectivity index is 1.64. The van der Waals surface area contributed by atoms with Crippen LogP contribution in [0.15, 0.2) is 77.7 Å². The summed E-state index contributed by atoms with van der Waals surface area (Å²) in [4.78, 5) is 21.3. The van der Waals surface area contributed by atoms with E-state index in [0.717, 1.165) is 5.56 Å². The first-order chi connectivity index (χ1) is 16.4. The van der Waals surface area contributed by atoms with E-state index in [9.17, 15) is 9.00 Å². The Hall–Kier alpha value is -4.11. The molecule has 2 aromatic heterocycles. The van der Waals surface area contributed by atoms with Crippen LogP contribution in [0.5, 0.6) is 0 Å². The molecule has 1 unspecified atom stereocenters. The fourth-order valence-corrected chi connectivity index (χ4v) is 5.00. The summed E-state index contributed by atoms with van der Waals surface area (Å²) >= 11 is 0. The molecule has 2 heterocycles. The SMILES string of the molecule is Cn1c(=O)c(-c2cc(F)c(NS(=O)Cc3ccccc3)c3ccccc23)cc2cnc(N)nc21. The lowest BCUT2D eigenvalue weighted by molar-refractivity contribution is 0.633. The van der Waals surface area contributed by atoms with Crippen molar-refractivity contribution < 1.29 is 8.60 Å². The fraction of sp³-hybridized carbons (Fsp3) is 0.0800. The number of benzene rings is 3. The van der Waals surface area contributed by atoms with Gasteiger partial charge in [0.2, 0.25) is 5.95 Å². The molecule has 34 heavy (non-hydrogen) atoms. The first-order valence-corrected chi connectivity index (χ1v) is 11.8. The van der Waals surface area contributed by atoms with Crippen molar-refractivity contribution in [1.29, 1.82) is 0 Å². The van der Waals surface area contributed by atoms with Crippen molar-refractivity contribution in [3.63, 3.8) is 0 Å². The van der Waals surface area contributed by atoms with Crippen LogP contribution in [0.25, 0.3) is 32.9 Å². The van der Waals surface area contributed by atoms with E-state index < -0.39 is 16.8 Å². The van der Waals surface area contributed by atoms with E-state index >= 15 is 4.39 Å². The van der Waals surface area contributed by atoms with Crippen molar-refractivity contribution in [1.82, 2.24) is 14.5 Å². The highest BCUT2D eigenvalue weighted by Gasteiger charge is 2.18. The highest BCUT2D eigenvalue weighted by Crippen LogP contribution is 2.35. The number of fused-ring (bicyclic) bond motifs is 2. The number of nitrogen functional groups attached to an aromatic ring is 1. The van der Waals surface area contributed by atoms with Crippen LogP contribution in [0.2, 0.25) is 0 Å². The Morgan fingerprint density at radius 2 is 1.74 bits per heavy atom. The van der Waals surface area contributed by atoms with Gasteiger partial charge in [0.05, 0.1) is 11.4 Å². The van der Waals surface area contributed by atoms with Gasteiger partial charge in [-0.1, -0.05) is 54.6 Å². The van der Waals surface area contributed by atoms with Crippen molar-refractivity contribution in [3.8, 4) is 11.1 Å². The number of aryl methyl sites for hydroxylation is 1. The van der Waals surface area contributed by atoms with Gasteiger partial charge in [-0.3, -0.25) is 9.36 Å². The Kier molecular flexibility index (Phi) is 5.54. The third-order valence-corrected chi connectivity index (χ3v) is 6.64. The van der Waals surface area contributed by atoms with Crippen molar-refractivity contribution in [2.75, 3.05) is 10.5 Å². The van der Waals surface area contributed by atoms with E-state index in [1.54, 1.807) is 31.3 Å². The molecule has 0 aliphatic carbocycles. The average Bonchev–Trinajstić information content (AvgIpc) is 2.84. The van der Waals surface area contributed by atoms with Crippen LogP contribution < -0.4 is 16.0 Å². The minimum atomic E-state index is -1.55. The first-order valence-electron chi connectivity index (χ1n) is 10.4. The number of aromatic nitrogens is 3. The van der Waals surface area contributed by atoms with Crippen LogP contribution in [0, 0.1) is 5.82 Å². The lowest BCUT2D eigenvalue weighted by Gasteiger charge is -2.15. The molecule has 170 valence electrons. The molecule has 5 aromatic rings. The van der Waals surface area contributed by atoms with Gasteiger partial charge in [-0.2, -0.15) is 4.98 Å². The molecule has 0 saturated carbocycles. The number of anilines is 2. The van der Waals surface area contributed by atoms with Gasteiger partial charge in [0.25, 0.3) is 5.56 Å². The summed E-state index contributed by atoms with van der Waals surface area (Å²) in [6.07, 6.45) is 1.53. The summed E-state index contributed by atoms with van der Waals surface area (Å²) in [6, 6.07) is 19.4. The van der Waals surface area contributed by atoms with E-state index in [0.29, 0.717) is 32.9 Å². The number of hydrogen-bond acceptors (Lipinski definition) is 5. The van der Waals surface area contributed by atoms with Crippen molar-refractivity contribution in [2.24, 2.45) is 7.05 Å². The minimum Gasteiger partial charge on any atom is -0.368 e. The van der Waals surface area contributed by atoms with Crippen molar-refractivity contribution in [2.45, 2.75) is 5.75 Å². The lowest BCUT2D eigenvalue weighted by Crippen LogP contribution is -2.20. The monoisotopic (exact) mass is 473 g/mol. The number of hydrogen-bond donors (Lipinski definition) is 2. The van der Waals surface area contributed by atoms with Gasteiger partial charge < -0.3 is 10.5 Å². The Labute approximate surface area is 196 Å². The molecule has 0 fully saturated rings. The molecule has 0 radical (unpaired) electrons. The summed E-state index contributed by atoms with van der Waals surface area (Å²) in [6.45, 7) is 0. The van der Waals surface area contributed by atoms with E-state index in [2.05, 4.69) is 14.7 Å². The van der Waals surface area contributed by atoms with Crippen LogP contribution in [0.4, 0.5) is 16.0 Å². The molecule has 0 spiro atoms. The van der Waals surface area contributed by atoms with E-state index in [1.165, 1.54) is 16.8 Å². The maximum absolute atomic E-state index is 15.4. The highest BCUT2D eigenvalue weighted by molar-refractivity contribution is 7.85. The van der Waals surface area contributed by atoms with E-state index in [1.807, 2.05) is 36.4 Å². The molecular formula is C25H20FN5O2S. The second-order valence-corrected chi connectivity index (χ2v) is 9.02. The van der Waals surface area contributed by atoms with Gasteiger partial charge in [-0.25, -0.2) is 13.6 Å². The van der Waals surface area contributed by atoms with Crippen molar-refractivity contribution in [3.05, 3.63) is 94.7 Å². The summed E-state index contributed by atoms with van der Waals surface area (Å²) in [5, 5.41) is 1.77. The third kappa shape index (κ3) is 3.90. The number of nitrogens with two attached hydrogens (primary N) is 1. The lowest BCUT2D eigenvalue weighted by atomic mass is 9.97. The molecule has 9 heteroatoms. The highest BCUT2D eigenvalue weighted by atomic mass is 32.2. The van der Waals surface area contributed by atoms with Crippen LogP contribution in [0.1, 0.15) is 5.56 Å². The van der Waals surface area contributed by atoms with Crippen LogP contribution >= 0.6 is 0 Å². The normalized spacial score (nSPS) is 12.2. The number of nitrogens with one attached hydrogen (secondary N) is 1. The average molecular weight is 474 g/mol. The largest absolute Gasteiger partial charge is 0.368 e.